The average Bonchev–Trinajstić information content (AvgIpc) is 2.93. The molecule has 26 heavy (non-hydrogen) atoms. The largest absolute Gasteiger partial charge is 0.417 e. The van der Waals surface area contributed by atoms with Crippen LogP contribution in [0.5, 0.6) is 0 Å². The number of carbonyl (C=O) groups excluding carboxylic acids is 3. The van der Waals surface area contributed by atoms with Gasteiger partial charge in [0.25, 0.3) is 5.91 Å². The molecule has 0 bridgehead atoms. The number of nitrogens with one attached hydrogen (secondary N) is 1. The number of ketones is 1. The van der Waals surface area contributed by atoms with E-state index in [0.717, 1.165) is 36.7 Å². The highest BCUT2D eigenvalue weighted by Gasteiger charge is 2.43. The van der Waals surface area contributed by atoms with Crippen LogP contribution in [-0.2, 0) is 15.8 Å². The van der Waals surface area contributed by atoms with Crippen LogP contribution in [0.2, 0.25) is 0 Å². The first-order valence-electron chi connectivity index (χ1n) is 8.21. The van der Waals surface area contributed by atoms with Crippen LogP contribution >= 0.6 is 11.8 Å². The number of hydrogen-bond donors (Lipinski definition) is 1. The van der Waals surface area contributed by atoms with Crippen LogP contribution in [0.3, 0.4) is 0 Å². The zero-order valence-electron chi connectivity index (χ0n) is 13.7. The van der Waals surface area contributed by atoms with Gasteiger partial charge in [-0.25, -0.2) is 0 Å². The van der Waals surface area contributed by atoms with Gasteiger partial charge in [-0.2, -0.15) is 13.2 Å². The summed E-state index contributed by atoms with van der Waals surface area (Å²) in [5, 5.41) is 2.32. The summed E-state index contributed by atoms with van der Waals surface area (Å²) in [6, 6.07) is 3.63. The first-order chi connectivity index (χ1) is 12.3. The number of halogens is 3. The molecule has 2 atom stereocenters. The fraction of sp³-hybridized carbons (Fsp3) is 0.471. The van der Waals surface area contributed by atoms with Gasteiger partial charge in [0.1, 0.15) is 6.04 Å². The van der Waals surface area contributed by atoms with E-state index in [0.29, 0.717) is 13.0 Å². The van der Waals surface area contributed by atoms with Crippen LogP contribution in [0.25, 0.3) is 0 Å². The van der Waals surface area contributed by atoms with E-state index in [1.807, 2.05) is 0 Å². The summed E-state index contributed by atoms with van der Waals surface area (Å²) in [5.74, 6) is -0.991. The van der Waals surface area contributed by atoms with Crippen LogP contribution in [0.15, 0.2) is 24.3 Å². The minimum Gasteiger partial charge on any atom is -0.336 e. The Morgan fingerprint density at radius 2 is 1.92 bits per heavy atom. The van der Waals surface area contributed by atoms with E-state index in [4.69, 9.17) is 0 Å². The van der Waals surface area contributed by atoms with Gasteiger partial charge in [-0.3, -0.25) is 19.3 Å². The zero-order chi connectivity index (χ0) is 18.9. The number of benzene rings is 1. The number of thioether (sulfide) groups is 1. The maximum atomic E-state index is 13.1. The van der Waals surface area contributed by atoms with E-state index in [1.54, 1.807) is 4.90 Å². The molecule has 2 aliphatic rings. The second-order valence-corrected chi connectivity index (χ2v) is 7.22. The Labute approximate surface area is 152 Å². The van der Waals surface area contributed by atoms with Crippen molar-refractivity contribution >= 4 is 28.6 Å². The predicted octanol–water partition coefficient (Wildman–Crippen LogP) is 2.46. The molecule has 0 radical (unpaired) electrons. The number of carbonyl (C=O) groups is 3. The van der Waals surface area contributed by atoms with Crippen LogP contribution in [0.4, 0.5) is 13.2 Å². The Kier molecular flexibility index (Phi) is 5.38. The summed E-state index contributed by atoms with van der Waals surface area (Å²) < 4.78 is 39.4. The van der Waals surface area contributed by atoms with Gasteiger partial charge < -0.3 is 5.32 Å². The zero-order valence-corrected chi connectivity index (χ0v) is 14.5. The highest BCUT2D eigenvalue weighted by atomic mass is 32.2. The molecular formula is C17H17F3N2O3S. The van der Waals surface area contributed by atoms with E-state index in [1.165, 1.54) is 12.1 Å². The SMILES string of the molecule is O=C(NC1CCCCN1C1C(=O)CSC1=O)c1ccccc1C(F)(F)F. The fourth-order valence-corrected chi connectivity index (χ4v) is 4.19. The molecule has 2 heterocycles. The van der Waals surface area contributed by atoms with Crippen molar-refractivity contribution in [2.24, 2.45) is 0 Å². The van der Waals surface area contributed by atoms with Crippen LogP contribution in [-0.4, -0.2) is 46.2 Å². The van der Waals surface area contributed by atoms with Crippen molar-refractivity contribution in [3.05, 3.63) is 35.4 Å². The normalized spacial score (nSPS) is 24.7. The van der Waals surface area contributed by atoms with E-state index < -0.39 is 35.4 Å². The third-order valence-electron chi connectivity index (χ3n) is 4.54. The number of rotatable bonds is 3. The molecule has 0 saturated carbocycles. The van der Waals surface area contributed by atoms with Crippen LogP contribution < -0.4 is 5.32 Å². The number of likely N-dealkylation sites (tertiary alicyclic amines) is 1. The van der Waals surface area contributed by atoms with E-state index in [9.17, 15) is 27.6 Å². The number of nitrogens with zero attached hydrogens (tertiary/aromatic N) is 1. The van der Waals surface area contributed by atoms with Crippen LogP contribution in [0.1, 0.15) is 35.2 Å². The van der Waals surface area contributed by atoms with Crippen molar-refractivity contribution in [2.75, 3.05) is 12.3 Å². The first-order valence-corrected chi connectivity index (χ1v) is 9.20. The van der Waals surface area contributed by atoms with Gasteiger partial charge >= 0.3 is 6.18 Å². The minimum absolute atomic E-state index is 0.0948. The number of piperidine rings is 1. The molecule has 1 aromatic rings. The number of alkyl halides is 3. The summed E-state index contributed by atoms with van der Waals surface area (Å²) in [6.45, 7) is 0.439. The number of amides is 1. The Morgan fingerprint density at radius 1 is 1.19 bits per heavy atom. The molecule has 3 rings (SSSR count). The van der Waals surface area contributed by atoms with E-state index in [-0.39, 0.29) is 16.7 Å². The number of hydrogen-bond acceptors (Lipinski definition) is 5. The molecule has 2 aliphatic heterocycles. The molecule has 1 amide bonds. The third kappa shape index (κ3) is 3.78. The lowest BCUT2D eigenvalue weighted by Crippen LogP contribution is -2.57. The number of Topliss-reactive ketones (excluding diaryl/α,β-unsaturated/α-hetero) is 1. The van der Waals surface area contributed by atoms with E-state index in [2.05, 4.69) is 5.32 Å². The lowest BCUT2D eigenvalue weighted by atomic mass is 10.0. The Balaban J connectivity index is 1.82. The van der Waals surface area contributed by atoms with Crippen molar-refractivity contribution in [1.82, 2.24) is 10.2 Å². The molecule has 9 heteroatoms. The molecule has 2 unspecified atom stereocenters. The standard InChI is InChI=1S/C17H17F3N2O3S/c18-17(19,20)11-6-2-1-5-10(11)15(24)21-13-7-3-4-8-22(13)14-12(23)9-26-16(14)25/h1-2,5-6,13-14H,3-4,7-9H2,(H,21,24). The fourth-order valence-electron chi connectivity index (χ4n) is 3.33. The van der Waals surface area contributed by atoms with Gasteiger partial charge in [0.2, 0.25) is 5.12 Å². The molecule has 2 fully saturated rings. The topological polar surface area (TPSA) is 66.5 Å². The molecule has 5 nitrogen and oxygen atoms in total. The van der Waals surface area contributed by atoms with Gasteiger partial charge in [0.15, 0.2) is 5.78 Å². The van der Waals surface area contributed by atoms with E-state index >= 15 is 0 Å². The van der Waals surface area contributed by atoms with Gasteiger partial charge in [0, 0.05) is 6.54 Å². The molecule has 0 spiro atoms. The van der Waals surface area contributed by atoms with Crippen molar-refractivity contribution in [2.45, 2.75) is 37.6 Å². The summed E-state index contributed by atoms with van der Waals surface area (Å²) in [5.41, 5.74) is -1.48. The maximum Gasteiger partial charge on any atom is 0.417 e. The summed E-state index contributed by atoms with van der Waals surface area (Å²) >= 11 is 0.939. The smallest absolute Gasteiger partial charge is 0.336 e. The maximum absolute atomic E-state index is 13.1. The second kappa shape index (κ2) is 7.40. The summed E-state index contributed by atoms with van der Waals surface area (Å²) in [7, 11) is 0. The van der Waals surface area contributed by atoms with Gasteiger partial charge in [-0.1, -0.05) is 23.9 Å². The van der Waals surface area contributed by atoms with Crippen molar-refractivity contribution < 1.29 is 27.6 Å². The van der Waals surface area contributed by atoms with Crippen molar-refractivity contribution in [3.63, 3.8) is 0 Å². The van der Waals surface area contributed by atoms with Gasteiger partial charge in [-0.05, 0) is 31.4 Å². The average molecular weight is 386 g/mol. The molecule has 1 N–H and O–H groups in total. The summed E-state index contributed by atoms with van der Waals surface area (Å²) in [6.07, 6.45) is -3.30. The quantitative estimate of drug-likeness (QED) is 0.809. The van der Waals surface area contributed by atoms with Crippen LogP contribution in [0, 0.1) is 0 Å². The minimum atomic E-state index is -4.64. The predicted molar refractivity (Wildman–Crippen MR) is 89.5 cm³/mol. The van der Waals surface area contributed by atoms with Crippen molar-refractivity contribution in [1.29, 1.82) is 0 Å². The molecule has 2 saturated heterocycles. The summed E-state index contributed by atoms with van der Waals surface area (Å²) in [4.78, 5) is 38.1. The monoisotopic (exact) mass is 386 g/mol. The Bertz CT molecular complexity index is 722. The van der Waals surface area contributed by atoms with Crippen molar-refractivity contribution in [3.8, 4) is 0 Å². The first kappa shape index (κ1) is 18.9. The molecule has 0 aromatic heterocycles. The Morgan fingerprint density at radius 3 is 2.58 bits per heavy atom. The van der Waals surface area contributed by atoms with Gasteiger partial charge in [-0.15, -0.1) is 0 Å². The molecular weight excluding hydrogens is 369 g/mol. The molecule has 140 valence electrons. The lowest BCUT2D eigenvalue weighted by Gasteiger charge is -2.38. The lowest BCUT2D eigenvalue weighted by molar-refractivity contribution is -0.138. The highest BCUT2D eigenvalue weighted by molar-refractivity contribution is 8.15. The highest BCUT2D eigenvalue weighted by Crippen LogP contribution is 2.32. The third-order valence-corrected chi connectivity index (χ3v) is 5.47. The van der Waals surface area contributed by atoms with Gasteiger partial charge in [0.05, 0.1) is 23.0 Å². The molecule has 1 aromatic carbocycles. The molecule has 0 aliphatic carbocycles. The second-order valence-electron chi connectivity index (χ2n) is 6.24. The Hall–Kier alpha value is -1.87.